The van der Waals surface area contributed by atoms with Crippen LogP contribution in [0.25, 0.3) is 0 Å². The summed E-state index contributed by atoms with van der Waals surface area (Å²) in [4.78, 5) is 12.0. The standard InChI is InChI=1S/C17H27NO3/c1-5-6-7-8-11-21-15-10-9-14(12-16(15)20-4)17(19)18-13(2)3/h9-10,12-13H,5-8,11H2,1-4H3,(H,18,19). The van der Waals surface area contributed by atoms with Crippen molar-refractivity contribution in [2.45, 2.75) is 52.5 Å². The molecule has 118 valence electrons. The molecule has 1 aromatic carbocycles. The highest BCUT2D eigenvalue weighted by molar-refractivity contribution is 5.95. The van der Waals surface area contributed by atoms with Gasteiger partial charge in [0.15, 0.2) is 11.5 Å². The molecule has 0 spiro atoms. The zero-order chi connectivity index (χ0) is 15.7. The number of hydrogen-bond donors (Lipinski definition) is 1. The maximum Gasteiger partial charge on any atom is 0.251 e. The van der Waals surface area contributed by atoms with Crippen molar-refractivity contribution in [2.24, 2.45) is 0 Å². The zero-order valence-corrected chi connectivity index (χ0v) is 13.6. The lowest BCUT2D eigenvalue weighted by Crippen LogP contribution is -2.30. The lowest BCUT2D eigenvalue weighted by atomic mass is 10.1. The molecule has 4 nitrogen and oxygen atoms in total. The summed E-state index contributed by atoms with van der Waals surface area (Å²) in [6.07, 6.45) is 4.65. The van der Waals surface area contributed by atoms with Gasteiger partial charge in [-0.3, -0.25) is 4.79 Å². The fourth-order valence-electron chi connectivity index (χ4n) is 1.98. The van der Waals surface area contributed by atoms with E-state index in [4.69, 9.17) is 9.47 Å². The van der Waals surface area contributed by atoms with Gasteiger partial charge < -0.3 is 14.8 Å². The molecule has 0 aromatic heterocycles. The summed E-state index contributed by atoms with van der Waals surface area (Å²) in [6.45, 7) is 6.73. The summed E-state index contributed by atoms with van der Waals surface area (Å²) in [7, 11) is 1.59. The summed E-state index contributed by atoms with van der Waals surface area (Å²) in [5.41, 5.74) is 0.582. The van der Waals surface area contributed by atoms with Crippen molar-refractivity contribution >= 4 is 5.91 Å². The molecule has 0 aliphatic carbocycles. The average molecular weight is 293 g/mol. The summed E-state index contributed by atoms with van der Waals surface area (Å²) in [6, 6.07) is 5.40. The topological polar surface area (TPSA) is 47.6 Å². The maximum atomic E-state index is 12.0. The number of rotatable bonds is 9. The molecule has 0 atom stereocenters. The highest BCUT2D eigenvalue weighted by Gasteiger charge is 2.11. The van der Waals surface area contributed by atoms with Crippen LogP contribution < -0.4 is 14.8 Å². The van der Waals surface area contributed by atoms with Gasteiger partial charge in [-0.15, -0.1) is 0 Å². The van der Waals surface area contributed by atoms with Gasteiger partial charge in [0.2, 0.25) is 0 Å². The second kappa shape index (κ2) is 9.27. The minimum atomic E-state index is -0.0993. The Morgan fingerprint density at radius 3 is 2.57 bits per heavy atom. The van der Waals surface area contributed by atoms with Crippen LogP contribution in [0.2, 0.25) is 0 Å². The number of amides is 1. The van der Waals surface area contributed by atoms with Gasteiger partial charge in [-0.05, 0) is 38.5 Å². The molecule has 1 N–H and O–H groups in total. The molecule has 0 saturated carbocycles. The van der Waals surface area contributed by atoms with Crippen LogP contribution in [-0.2, 0) is 0 Å². The largest absolute Gasteiger partial charge is 0.493 e. The van der Waals surface area contributed by atoms with Crippen LogP contribution in [0.5, 0.6) is 11.5 Å². The van der Waals surface area contributed by atoms with Gasteiger partial charge in [-0.2, -0.15) is 0 Å². The van der Waals surface area contributed by atoms with Crippen LogP contribution >= 0.6 is 0 Å². The highest BCUT2D eigenvalue weighted by atomic mass is 16.5. The summed E-state index contributed by atoms with van der Waals surface area (Å²) in [5, 5.41) is 2.86. The fraction of sp³-hybridized carbons (Fsp3) is 0.588. The third-order valence-corrected chi connectivity index (χ3v) is 3.10. The molecule has 0 aliphatic rings. The number of carbonyl (C=O) groups is 1. The summed E-state index contributed by atoms with van der Waals surface area (Å²) < 4.78 is 11.0. The predicted molar refractivity (Wildman–Crippen MR) is 85.2 cm³/mol. The first kappa shape index (κ1) is 17.3. The third-order valence-electron chi connectivity index (χ3n) is 3.10. The number of hydrogen-bond acceptors (Lipinski definition) is 3. The Bertz CT molecular complexity index is 444. The van der Waals surface area contributed by atoms with Gasteiger partial charge in [-0.25, -0.2) is 0 Å². The number of benzene rings is 1. The van der Waals surface area contributed by atoms with E-state index in [1.54, 1.807) is 25.3 Å². The molecule has 0 heterocycles. The van der Waals surface area contributed by atoms with Gasteiger partial charge in [0.1, 0.15) is 0 Å². The van der Waals surface area contributed by atoms with E-state index in [9.17, 15) is 4.79 Å². The minimum absolute atomic E-state index is 0.0993. The number of carbonyl (C=O) groups excluding carboxylic acids is 1. The van der Waals surface area contributed by atoms with Crippen molar-refractivity contribution in [3.63, 3.8) is 0 Å². The average Bonchev–Trinajstić information content (AvgIpc) is 2.46. The Balaban J connectivity index is 2.64. The van der Waals surface area contributed by atoms with Gasteiger partial charge >= 0.3 is 0 Å². The predicted octanol–water partition coefficient (Wildman–Crippen LogP) is 3.79. The second-order valence-electron chi connectivity index (χ2n) is 5.40. The minimum Gasteiger partial charge on any atom is -0.493 e. The molecule has 0 aliphatic heterocycles. The Morgan fingerprint density at radius 1 is 1.19 bits per heavy atom. The van der Waals surface area contributed by atoms with Crippen molar-refractivity contribution < 1.29 is 14.3 Å². The Hall–Kier alpha value is -1.71. The maximum absolute atomic E-state index is 12.0. The normalized spacial score (nSPS) is 10.5. The van der Waals surface area contributed by atoms with Crippen LogP contribution in [0.15, 0.2) is 18.2 Å². The van der Waals surface area contributed by atoms with Crippen LogP contribution in [-0.4, -0.2) is 25.7 Å². The molecule has 0 bridgehead atoms. The first-order valence-corrected chi connectivity index (χ1v) is 7.70. The summed E-state index contributed by atoms with van der Waals surface area (Å²) >= 11 is 0. The van der Waals surface area contributed by atoms with Gasteiger partial charge in [0, 0.05) is 11.6 Å². The van der Waals surface area contributed by atoms with E-state index >= 15 is 0 Å². The van der Waals surface area contributed by atoms with Gasteiger partial charge in [0.05, 0.1) is 13.7 Å². The Labute approximate surface area is 127 Å². The fourth-order valence-corrected chi connectivity index (χ4v) is 1.98. The van der Waals surface area contributed by atoms with Gasteiger partial charge in [-0.1, -0.05) is 26.2 Å². The van der Waals surface area contributed by atoms with E-state index in [1.165, 1.54) is 19.3 Å². The number of methoxy groups -OCH3 is 1. The quantitative estimate of drug-likeness (QED) is 0.705. The van der Waals surface area contributed by atoms with Crippen molar-refractivity contribution in [2.75, 3.05) is 13.7 Å². The van der Waals surface area contributed by atoms with Crippen molar-refractivity contribution in [1.82, 2.24) is 5.32 Å². The lowest BCUT2D eigenvalue weighted by molar-refractivity contribution is 0.0942. The molecule has 0 unspecified atom stereocenters. The van der Waals surface area contributed by atoms with E-state index in [0.29, 0.717) is 23.7 Å². The first-order chi connectivity index (χ1) is 10.1. The molecule has 0 fully saturated rings. The molecule has 1 amide bonds. The third kappa shape index (κ3) is 6.06. The van der Waals surface area contributed by atoms with E-state index in [-0.39, 0.29) is 11.9 Å². The first-order valence-electron chi connectivity index (χ1n) is 7.70. The number of unbranched alkanes of at least 4 members (excludes halogenated alkanes) is 3. The molecule has 1 rings (SSSR count). The number of nitrogens with one attached hydrogen (secondary N) is 1. The van der Waals surface area contributed by atoms with Crippen molar-refractivity contribution in [3.05, 3.63) is 23.8 Å². The van der Waals surface area contributed by atoms with E-state index < -0.39 is 0 Å². The number of ether oxygens (including phenoxy) is 2. The smallest absolute Gasteiger partial charge is 0.251 e. The van der Waals surface area contributed by atoms with Gasteiger partial charge in [0.25, 0.3) is 5.91 Å². The summed E-state index contributed by atoms with van der Waals surface area (Å²) in [5.74, 6) is 1.19. The van der Waals surface area contributed by atoms with Crippen LogP contribution in [0.1, 0.15) is 56.8 Å². The molecule has 1 aromatic rings. The molecular formula is C17H27NO3. The lowest BCUT2D eigenvalue weighted by Gasteiger charge is -2.13. The van der Waals surface area contributed by atoms with Crippen LogP contribution in [0.3, 0.4) is 0 Å². The van der Waals surface area contributed by atoms with E-state index in [0.717, 1.165) is 6.42 Å². The molecule has 0 radical (unpaired) electrons. The molecule has 21 heavy (non-hydrogen) atoms. The van der Waals surface area contributed by atoms with E-state index in [2.05, 4.69) is 12.2 Å². The zero-order valence-electron chi connectivity index (χ0n) is 13.6. The SMILES string of the molecule is CCCCCCOc1ccc(C(=O)NC(C)C)cc1OC. The second-order valence-corrected chi connectivity index (χ2v) is 5.40. The van der Waals surface area contributed by atoms with Crippen molar-refractivity contribution in [1.29, 1.82) is 0 Å². The Kier molecular flexibility index (Phi) is 7.65. The Morgan fingerprint density at radius 2 is 1.95 bits per heavy atom. The molecule has 4 heteroatoms. The van der Waals surface area contributed by atoms with E-state index in [1.807, 2.05) is 13.8 Å². The van der Waals surface area contributed by atoms with Crippen molar-refractivity contribution in [3.8, 4) is 11.5 Å². The monoisotopic (exact) mass is 293 g/mol. The molecule has 0 saturated heterocycles. The highest BCUT2D eigenvalue weighted by Crippen LogP contribution is 2.28. The molecular weight excluding hydrogens is 266 g/mol. The van der Waals surface area contributed by atoms with Crippen LogP contribution in [0.4, 0.5) is 0 Å². The van der Waals surface area contributed by atoms with Crippen LogP contribution in [0, 0.1) is 0 Å².